The first-order valence-electron chi connectivity index (χ1n) is 7.90. The van der Waals surface area contributed by atoms with Crippen molar-refractivity contribution in [3.8, 4) is 0 Å². The lowest BCUT2D eigenvalue weighted by molar-refractivity contribution is -0.0136. The summed E-state index contributed by atoms with van der Waals surface area (Å²) >= 11 is 0. The molecule has 0 spiro atoms. The van der Waals surface area contributed by atoms with E-state index in [4.69, 9.17) is 9.26 Å². The van der Waals surface area contributed by atoms with Gasteiger partial charge in [-0.15, -0.1) is 0 Å². The fraction of sp³-hybridized carbons (Fsp3) is 0.812. The Bertz CT molecular complexity index is 427. The average molecular weight is 278 g/mol. The third-order valence-electron chi connectivity index (χ3n) is 4.50. The molecule has 0 saturated heterocycles. The van der Waals surface area contributed by atoms with Crippen LogP contribution in [0.2, 0.25) is 0 Å². The maximum Gasteiger partial charge on any atom is 0.162 e. The summed E-state index contributed by atoms with van der Waals surface area (Å²) in [5, 5.41) is 7.52. The number of aromatic nitrogens is 1. The number of hydrogen-bond acceptors (Lipinski definition) is 4. The second kappa shape index (κ2) is 5.86. The van der Waals surface area contributed by atoms with Crippen molar-refractivity contribution in [1.82, 2.24) is 10.5 Å². The average Bonchev–Trinajstić information content (AvgIpc) is 3.14. The molecule has 0 unspecified atom stereocenters. The van der Waals surface area contributed by atoms with Gasteiger partial charge in [-0.05, 0) is 43.9 Å². The lowest BCUT2D eigenvalue weighted by Crippen LogP contribution is -2.26. The van der Waals surface area contributed by atoms with E-state index >= 15 is 0 Å². The van der Waals surface area contributed by atoms with Crippen LogP contribution in [0.25, 0.3) is 0 Å². The Kier molecular flexibility index (Phi) is 4.13. The maximum atomic E-state index is 5.96. The van der Waals surface area contributed by atoms with E-state index in [2.05, 4.69) is 24.3 Å². The van der Waals surface area contributed by atoms with Crippen LogP contribution in [0.4, 0.5) is 0 Å². The van der Waals surface area contributed by atoms with Crippen LogP contribution in [0.3, 0.4) is 0 Å². The minimum absolute atomic E-state index is 0.390. The minimum atomic E-state index is 0.390. The summed E-state index contributed by atoms with van der Waals surface area (Å²) in [7, 11) is 0. The van der Waals surface area contributed by atoms with Crippen LogP contribution in [0.5, 0.6) is 0 Å². The molecule has 112 valence electrons. The smallest absolute Gasteiger partial charge is 0.162 e. The largest absolute Gasteiger partial charge is 0.370 e. The molecule has 1 aromatic heterocycles. The standard InChI is InChI=1S/C16H26N2O2/c1-16(2)7-5-14(6-8-16)19-11-15-9-13(18-20-15)10-17-12-3-4-12/h9,12,14,17H,3-8,10-11H2,1-2H3. The van der Waals surface area contributed by atoms with Gasteiger partial charge in [-0.2, -0.15) is 0 Å². The van der Waals surface area contributed by atoms with Crippen LogP contribution in [0.15, 0.2) is 10.6 Å². The van der Waals surface area contributed by atoms with Crippen LogP contribution in [0, 0.1) is 5.41 Å². The molecule has 0 aliphatic heterocycles. The zero-order valence-corrected chi connectivity index (χ0v) is 12.7. The number of rotatable bonds is 6. The van der Waals surface area contributed by atoms with Crippen molar-refractivity contribution < 1.29 is 9.26 Å². The van der Waals surface area contributed by atoms with Gasteiger partial charge in [0.25, 0.3) is 0 Å². The normalized spacial score (nSPS) is 23.1. The lowest BCUT2D eigenvalue weighted by atomic mass is 9.76. The van der Waals surface area contributed by atoms with E-state index in [1.807, 2.05) is 6.07 Å². The summed E-state index contributed by atoms with van der Waals surface area (Å²) in [6.07, 6.45) is 7.82. The lowest BCUT2D eigenvalue weighted by Gasteiger charge is -2.33. The highest BCUT2D eigenvalue weighted by molar-refractivity contribution is 5.05. The minimum Gasteiger partial charge on any atom is -0.370 e. The summed E-state index contributed by atoms with van der Waals surface area (Å²) < 4.78 is 11.3. The zero-order valence-electron chi connectivity index (χ0n) is 12.7. The molecule has 3 rings (SSSR count). The van der Waals surface area contributed by atoms with Gasteiger partial charge in [0.05, 0.1) is 11.8 Å². The van der Waals surface area contributed by atoms with Crippen molar-refractivity contribution >= 4 is 0 Å². The number of ether oxygens (including phenoxy) is 1. The Balaban J connectivity index is 1.39. The molecule has 20 heavy (non-hydrogen) atoms. The highest BCUT2D eigenvalue weighted by Crippen LogP contribution is 2.36. The SMILES string of the molecule is CC1(C)CCC(OCc2cc(CNC3CC3)no2)CC1. The van der Waals surface area contributed by atoms with Gasteiger partial charge < -0.3 is 14.6 Å². The van der Waals surface area contributed by atoms with E-state index in [0.29, 0.717) is 24.2 Å². The number of hydrogen-bond donors (Lipinski definition) is 1. The molecule has 0 aromatic carbocycles. The molecule has 0 amide bonds. The maximum absolute atomic E-state index is 5.96. The topological polar surface area (TPSA) is 47.3 Å². The number of nitrogens with one attached hydrogen (secondary N) is 1. The predicted octanol–water partition coefficient (Wildman–Crippen LogP) is 3.41. The molecule has 1 aromatic rings. The van der Waals surface area contributed by atoms with Gasteiger partial charge in [0, 0.05) is 18.7 Å². The Morgan fingerprint density at radius 1 is 1.30 bits per heavy atom. The first kappa shape index (κ1) is 14.1. The summed E-state index contributed by atoms with van der Waals surface area (Å²) in [5.41, 5.74) is 1.48. The fourth-order valence-corrected chi connectivity index (χ4v) is 2.78. The molecular formula is C16H26N2O2. The van der Waals surface area contributed by atoms with Gasteiger partial charge in [0.2, 0.25) is 0 Å². The van der Waals surface area contributed by atoms with Crippen LogP contribution < -0.4 is 5.32 Å². The molecule has 0 bridgehead atoms. The van der Waals surface area contributed by atoms with Crippen molar-refractivity contribution in [3.05, 3.63) is 17.5 Å². The molecular weight excluding hydrogens is 252 g/mol. The molecule has 2 saturated carbocycles. The van der Waals surface area contributed by atoms with Gasteiger partial charge in [0.1, 0.15) is 6.61 Å². The van der Waals surface area contributed by atoms with Crippen molar-refractivity contribution in [3.63, 3.8) is 0 Å². The second-order valence-corrected chi connectivity index (χ2v) is 7.11. The van der Waals surface area contributed by atoms with E-state index in [1.54, 1.807) is 0 Å². The van der Waals surface area contributed by atoms with E-state index < -0.39 is 0 Å². The summed E-state index contributed by atoms with van der Waals surface area (Å²) in [4.78, 5) is 0. The molecule has 4 heteroatoms. The Morgan fingerprint density at radius 2 is 2.05 bits per heavy atom. The van der Waals surface area contributed by atoms with E-state index in [1.165, 1.54) is 25.7 Å². The predicted molar refractivity (Wildman–Crippen MR) is 77.2 cm³/mol. The van der Waals surface area contributed by atoms with Gasteiger partial charge in [-0.25, -0.2) is 0 Å². The van der Waals surface area contributed by atoms with Gasteiger partial charge in [0.15, 0.2) is 5.76 Å². The van der Waals surface area contributed by atoms with E-state index in [9.17, 15) is 0 Å². The van der Waals surface area contributed by atoms with Gasteiger partial charge >= 0.3 is 0 Å². The molecule has 2 aliphatic rings. The van der Waals surface area contributed by atoms with Crippen LogP contribution >= 0.6 is 0 Å². The monoisotopic (exact) mass is 278 g/mol. The molecule has 0 radical (unpaired) electrons. The molecule has 1 heterocycles. The Morgan fingerprint density at radius 3 is 2.75 bits per heavy atom. The van der Waals surface area contributed by atoms with Crippen molar-refractivity contribution in [2.45, 2.75) is 77.7 Å². The molecule has 4 nitrogen and oxygen atoms in total. The van der Waals surface area contributed by atoms with E-state index in [0.717, 1.165) is 30.8 Å². The molecule has 2 aliphatic carbocycles. The van der Waals surface area contributed by atoms with Crippen LogP contribution in [-0.4, -0.2) is 17.3 Å². The summed E-state index contributed by atoms with van der Waals surface area (Å²) in [6, 6.07) is 2.72. The third kappa shape index (κ3) is 4.06. The first-order chi connectivity index (χ1) is 9.61. The summed E-state index contributed by atoms with van der Waals surface area (Å²) in [5.74, 6) is 0.849. The van der Waals surface area contributed by atoms with Gasteiger partial charge in [-0.1, -0.05) is 19.0 Å². The van der Waals surface area contributed by atoms with Crippen molar-refractivity contribution in [2.75, 3.05) is 0 Å². The van der Waals surface area contributed by atoms with Crippen LogP contribution in [-0.2, 0) is 17.9 Å². The summed E-state index contributed by atoms with van der Waals surface area (Å²) in [6.45, 7) is 6.06. The zero-order chi connectivity index (χ0) is 14.0. The van der Waals surface area contributed by atoms with Crippen LogP contribution in [0.1, 0.15) is 63.8 Å². The second-order valence-electron chi connectivity index (χ2n) is 7.11. The highest BCUT2D eigenvalue weighted by Gasteiger charge is 2.27. The van der Waals surface area contributed by atoms with Crippen molar-refractivity contribution in [1.29, 1.82) is 0 Å². The quantitative estimate of drug-likeness (QED) is 0.866. The fourth-order valence-electron chi connectivity index (χ4n) is 2.78. The molecule has 1 N–H and O–H groups in total. The van der Waals surface area contributed by atoms with Gasteiger partial charge in [-0.3, -0.25) is 0 Å². The molecule has 0 atom stereocenters. The Labute approximate surface area is 121 Å². The van der Waals surface area contributed by atoms with E-state index in [-0.39, 0.29) is 0 Å². The Hall–Kier alpha value is -0.870. The third-order valence-corrected chi connectivity index (χ3v) is 4.50. The van der Waals surface area contributed by atoms with Crippen molar-refractivity contribution in [2.24, 2.45) is 5.41 Å². The highest BCUT2D eigenvalue weighted by atomic mass is 16.5. The first-order valence-corrected chi connectivity index (χ1v) is 7.90. The molecule has 2 fully saturated rings. The number of nitrogens with zero attached hydrogens (tertiary/aromatic N) is 1.